The van der Waals surface area contributed by atoms with E-state index < -0.39 is 0 Å². The van der Waals surface area contributed by atoms with Crippen LogP contribution in [0.25, 0.3) is 11.1 Å². The fourth-order valence-electron chi connectivity index (χ4n) is 4.29. The number of carbonyl (C=O) groups is 1. The third-order valence-electron chi connectivity index (χ3n) is 5.75. The van der Waals surface area contributed by atoms with Crippen LogP contribution in [-0.4, -0.2) is 57.1 Å². The largest absolute Gasteiger partial charge is 0.341 e. The first kappa shape index (κ1) is 20.3. The number of aromatic amines is 1. The van der Waals surface area contributed by atoms with Crippen molar-refractivity contribution >= 4 is 5.91 Å². The Morgan fingerprint density at radius 1 is 1.07 bits per heavy atom. The highest BCUT2D eigenvalue weighted by Crippen LogP contribution is 2.27. The minimum Gasteiger partial charge on any atom is -0.341 e. The zero-order valence-electron chi connectivity index (χ0n) is 17.5. The van der Waals surface area contributed by atoms with E-state index in [2.05, 4.69) is 51.3 Å². The maximum atomic E-state index is 13.4. The van der Waals surface area contributed by atoms with Crippen molar-refractivity contribution in [1.82, 2.24) is 25.0 Å². The molecule has 1 aromatic carbocycles. The van der Waals surface area contributed by atoms with Gasteiger partial charge in [0, 0.05) is 57.0 Å². The van der Waals surface area contributed by atoms with E-state index in [-0.39, 0.29) is 11.8 Å². The number of H-pyrrole nitrogens is 1. The molecule has 6 nitrogen and oxygen atoms in total. The van der Waals surface area contributed by atoms with E-state index >= 15 is 0 Å². The van der Waals surface area contributed by atoms with Crippen LogP contribution in [0.3, 0.4) is 0 Å². The second kappa shape index (κ2) is 9.67. The molecule has 3 heterocycles. The summed E-state index contributed by atoms with van der Waals surface area (Å²) < 4.78 is 0. The predicted molar refractivity (Wildman–Crippen MR) is 118 cm³/mol. The Balaban J connectivity index is 1.59. The van der Waals surface area contributed by atoms with Crippen LogP contribution in [0.15, 0.2) is 61.1 Å². The molecular formula is C24H29N5O. The van der Waals surface area contributed by atoms with Crippen LogP contribution in [0.4, 0.5) is 0 Å². The third-order valence-corrected chi connectivity index (χ3v) is 5.75. The van der Waals surface area contributed by atoms with Crippen LogP contribution in [0.2, 0.25) is 0 Å². The Morgan fingerprint density at radius 2 is 1.90 bits per heavy atom. The number of nitrogens with one attached hydrogen (secondary N) is 1. The fourth-order valence-corrected chi connectivity index (χ4v) is 4.29. The molecule has 1 aliphatic rings. The summed E-state index contributed by atoms with van der Waals surface area (Å²) in [6, 6.07) is 14.5. The van der Waals surface area contributed by atoms with Gasteiger partial charge in [-0.1, -0.05) is 31.2 Å². The van der Waals surface area contributed by atoms with E-state index in [1.54, 1.807) is 6.20 Å². The quantitative estimate of drug-likeness (QED) is 0.657. The highest BCUT2D eigenvalue weighted by atomic mass is 16.2. The van der Waals surface area contributed by atoms with E-state index in [0.717, 1.165) is 56.8 Å². The van der Waals surface area contributed by atoms with Crippen LogP contribution in [0.1, 0.15) is 24.6 Å². The predicted octanol–water partition coefficient (Wildman–Crippen LogP) is 3.38. The first-order chi connectivity index (χ1) is 14.7. The molecule has 1 saturated heterocycles. The van der Waals surface area contributed by atoms with Crippen molar-refractivity contribution in [2.45, 2.75) is 26.3 Å². The van der Waals surface area contributed by atoms with Gasteiger partial charge in [-0.05, 0) is 47.7 Å². The normalized spacial score (nSPS) is 17.8. The van der Waals surface area contributed by atoms with Crippen molar-refractivity contribution in [3.8, 4) is 11.1 Å². The van der Waals surface area contributed by atoms with Crippen molar-refractivity contribution in [1.29, 1.82) is 0 Å². The molecule has 3 aromatic rings. The Morgan fingerprint density at radius 3 is 2.67 bits per heavy atom. The van der Waals surface area contributed by atoms with Gasteiger partial charge in [-0.3, -0.25) is 19.8 Å². The summed E-state index contributed by atoms with van der Waals surface area (Å²) in [6.45, 7) is 6.16. The molecule has 0 bridgehead atoms. The van der Waals surface area contributed by atoms with E-state index in [1.807, 2.05) is 35.5 Å². The lowest BCUT2D eigenvalue weighted by Crippen LogP contribution is -2.37. The molecule has 1 atom stereocenters. The molecule has 1 N–H and O–H groups in total. The molecule has 1 amide bonds. The van der Waals surface area contributed by atoms with Gasteiger partial charge >= 0.3 is 0 Å². The first-order valence-electron chi connectivity index (χ1n) is 10.7. The standard InChI is InChI=1S/C24H29N5O/c1-2-13-29-15-14-28(18-22-9-12-26-27-22)17-21(24(29)30)16-20-5-3-4-6-23(20)19-7-10-25-11-8-19/h3-12,21H,2,13-18H2,1H3,(H,26,27)/t21-/m1/s1. The average Bonchev–Trinajstić information content (AvgIpc) is 3.24. The minimum absolute atomic E-state index is 0.0649. The topological polar surface area (TPSA) is 65.1 Å². The Hall–Kier alpha value is -2.99. The maximum Gasteiger partial charge on any atom is 0.227 e. The van der Waals surface area contributed by atoms with Crippen molar-refractivity contribution in [3.05, 3.63) is 72.3 Å². The zero-order valence-corrected chi connectivity index (χ0v) is 17.5. The van der Waals surface area contributed by atoms with Gasteiger partial charge in [0.25, 0.3) is 0 Å². The molecule has 156 valence electrons. The number of aromatic nitrogens is 3. The maximum absolute atomic E-state index is 13.4. The summed E-state index contributed by atoms with van der Waals surface area (Å²) in [7, 11) is 0. The van der Waals surface area contributed by atoms with E-state index in [4.69, 9.17) is 0 Å². The molecule has 0 aliphatic carbocycles. The van der Waals surface area contributed by atoms with Crippen LogP contribution < -0.4 is 0 Å². The zero-order chi connectivity index (χ0) is 20.8. The van der Waals surface area contributed by atoms with Crippen LogP contribution in [0.5, 0.6) is 0 Å². The summed E-state index contributed by atoms with van der Waals surface area (Å²) in [6.07, 6.45) is 7.13. The number of nitrogens with zero attached hydrogens (tertiary/aromatic N) is 4. The fraction of sp³-hybridized carbons (Fsp3) is 0.375. The molecular weight excluding hydrogens is 374 g/mol. The first-order valence-corrected chi connectivity index (χ1v) is 10.7. The lowest BCUT2D eigenvalue weighted by molar-refractivity contribution is -0.134. The minimum atomic E-state index is -0.0649. The van der Waals surface area contributed by atoms with Crippen LogP contribution in [0, 0.1) is 5.92 Å². The van der Waals surface area contributed by atoms with Crippen molar-refractivity contribution in [2.24, 2.45) is 5.92 Å². The second-order valence-corrected chi connectivity index (χ2v) is 7.94. The highest BCUT2D eigenvalue weighted by molar-refractivity contribution is 5.80. The summed E-state index contributed by atoms with van der Waals surface area (Å²) in [5.41, 5.74) is 4.62. The van der Waals surface area contributed by atoms with Gasteiger partial charge < -0.3 is 4.90 Å². The van der Waals surface area contributed by atoms with Gasteiger partial charge in [0.2, 0.25) is 5.91 Å². The monoisotopic (exact) mass is 403 g/mol. The average molecular weight is 404 g/mol. The van der Waals surface area contributed by atoms with E-state index in [9.17, 15) is 4.79 Å². The number of benzene rings is 1. The molecule has 2 aromatic heterocycles. The number of hydrogen-bond donors (Lipinski definition) is 1. The Bertz CT molecular complexity index is 941. The highest BCUT2D eigenvalue weighted by Gasteiger charge is 2.30. The molecule has 1 aliphatic heterocycles. The van der Waals surface area contributed by atoms with Crippen LogP contribution >= 0.6 is 0 Å². The number of hydrogen-bond acceptors (Lipinski definition) is 4. The third kappa shape index (κ3) is 4.76. The summed E-state index contributed by atoms with van der Waals surface area (Å²) in [4.78, 5) is 22.0. The van der Waals surface area contributed by atoms with Gasteiger partial charge in [0.15, 0.2) is 0 Å². The van der Waals surface area contributed by atoms with Gasteiger partial charge in [-0.2, -0.15) is 5.10 Å². The summed E-state index contributed by atoms with van der Waals surface area (Å²) in [5, 5.41) is 7.12. The van der Waals surface area contributed by atoms with Crippen molar-refractivity contribution < 1.29 is 4.79 Å². The van der Waals surface area contributed by atoms with Gasteiger partial charge in [0.1, 0.15) is 0 Å². The molecule has 6 heteroatoms. The van der Waals surface area contributed by atoms with Gasteiger partial charge in [0.05, 0.1) is 5.92 Å². The van der Waals surface area contributed by atoms with Gasteiger partial charge in [-0.15, -0.1) is 0 Å². The molecule has 0 radical (unpaired) electrons. The number of rotatable bonds is 7. The summed E-state index contributed by atoms with van der Waals surface area (Å²) in [5.74, 6) is 0.207. The lowest BCUT2D eigenvalue weighted by Gasteiger charge is -2.24. The SMILES string of the molecule is CCCN1CCN(Cc2ccn[nH]2)C[C@@H](Cc2ccccc2-c2ccncc2)C1=O. The number of amides is 1. The van der Waals surface area contributed by atoms with Gasteiger partial charge in [-0.25, -0.2) is 0 Å². The molecule has 0 saturated carbocycles. The second-order valence-electron chi connectivity index (χ2n) is 7.94. The Labute approximate surface area is 177 Å². The smallest absolute Gasteiger partial charge is 0.227 e. The molecule has 0 unspecified atom stereocenters. The molecule has 1 fully saturated rings. The molecule has 0 spiro atoms. The number of carbonyl (C=O) groups excluding carboxylic acids is 1. The number of pyridine rings is 1. The Kier molecular flexibility index (Phi) is 6.54. The van der Waals surface area contributed by atoms with E-state index in [1.165, 1.54) is 11.1 Å². The van der Waals surface area contributed by atoms with Crippen molar-refractivity contribution in [2.75, 3.05) is 26.2 Å². The molecule has 30 heavy (non-hydrogen) atoms. The van der Waals surface area contributed by atoms with Crippen molar-refractivity contribution in [3.63, 3.8) is 0 Å². The van der Waals surface area contributed by atoms with Crippen LogP contribution in [-0.2, 0) is 17.8 Å². The van der Waals surface area contributed by atoms with E-state index in [0.29, 0.717) is 0 Å². The lowest BCUT2D eigenvalue weighted by atomic mass is 9.91. The summed E-state index contributed by atoms with van der Waals surface area (Å²) >= 11 is 0. The molecule has 4 rings (SSSR count).